The van der Waals surface area contributed by atoms with E-state index in [0.717, 1.165) is 30.9 Å². The Balaban J connectivity index is 1.89. The number of hydrogen-bond donors (Lipinski definition) is 2. The van der Waals surface area contributed by atoms with Crippen LogP contribution in [0.3, 0.4) is 0 Å². The molecule has 0 radical (unpaired) electrons. The van der Waals surface area contributed by atoms with E-state index in [1.165, 1.54) is 0 Å². The standard InChI is InChI=1S/C10H14N2O/c11-9-3-1-2-4-10(9)12-7-8-5-6-13-8/h1-4,8,12H,5-7,11H2. The number of anilines is 2. The number of benzene rings is 1. The van der Waals surface area contributed by atoms with Crippen LogP contribution in [0, 0.1) is 0 Å². The van der Waals surface area contributed by atoms with Gasteiger partial charge in [0, 0.05) is 13.2 Å². The van der Waals surface area contributed by atoms with Gasteiger partial charge in [0.25, 0.3) is 0 Å². The number of nitrogen functional groups attached to an aromatic ring is 1. The molecule has 0 saturated carbocycles. The lowest BCUT2D eigenvalue weighted by molar-refractivity contribution is -0.0410. The van der Waals surface area contributed by atoms with Gasteiger partial charge in [-0.25, -0.2) is 0 Å². The second kappa shape index (κ2) is 3.66. The third-order valence-electron chi connectivity index (χ3n) is 2.27. The predicted molar refractivity (Wildman–Crippen MR) is 53.7 cm³/mol. The zero-order chi connectivity index (χ0) is 9.10. The van der Waals surface area contributed by atoms with Crippen LogP contribution in [0.4, 0.5) is 11.4 Å². The summed E-state index contributed by atoms with van der Waals surface area (Å²) in [6.45, 7) is 1.75. The highest BCUT2D eigenvalue weighted by Crippen LogP contribution is 2.18. The van der Waals surface area contributed by atoms with Crippen LogP contribution in [0.15, 0.2) is 24.3 Å². The zero-order valence-electron chi connectivity index (χ0n) is 7.49. The summed E-state index contributed by atoms with van der Waals surface area (Å²) in [6, 6.07) is 7.78. The van der Waals surface area contributed by atoms with Gasteiger partial charge in [-0.2, -0.15) is 0 Å². The molecule has 3 nitrogen and oxygen atoms in total. The van der Waals surface area contributed by atoms with Crippen LogP contribution in [0.2, 0.25) is 0 Å². The lowest BCUT2D eigenvalue weighted by Gasteiger charge is -2.27. The van der Waals surface area contributed by atoms with Gasteiger partial charge in [0.15, 0.2) is 0 Å². The van der Waals surface area contributed by atoms with Gasteiger partial charge in [0.05, 0.1) is 17.5 Å². The van der Waals surface area contributed by atoms with Crippen LogP contribution < -0.4 is 11.1 Å². The van der Waals surface area contributed by atoms with Crippen molar-refractivity contribution in [2.45, 2.75) is 12.5 Å². The van der Waals surface area contributed by atoms with Crippen molar-refractivity contribution < 1.29 is 4.74 Å². The summed E-state index contributed by atoms with van der Waals surface area (Å²) in [7, 11) is 0. The number of para-hydroxylation sites is 2. The number of ether oxygens (including phenoxy) is 1. The van der Waals surface area contributed by atoms with E-state index in [1.807, 2.05) is 24.3 Å². The largest absolute Gasteiger partial charge is 0.397 e. The van der Waals surface area contributed by atoms with Gasteiger partial charge in [-0.15, -0.1) is 0 Å². The monoisotopic (exact) mass is 178 g/mol. The van der Waals surface area contributed by atoms with Crippen LogP contribution in [-0.4, -0.2) is 19.3 Å². The summed E-state index contributed by atoms with van der Waals surface area (Å²) in [5.74, 6) is 0. The van der Waals surface area contributed by atoms with Crippen LogP contribution in [-0.2, 0) is 4.74 Å². The summed E-state index contributed by atoms with van der Waals surface area (Å²) in [6.07, 6.45) is 1.53. The van der Waals surface area contributed by atoms with Gasteiger partial charge in [0.1, 0.15) is 0 Å². The second-order valence-electron chi connectivity index (χ2n) is 3.25. The van der Waals surface area contributed by atoms with E-state index in [1.54, 1.807) is 0 Å². The smallest absolute Gasteiger partial charge is 0.0769 e. The Kier molecular flexibility index (Phi) is 2.36. The minimum absolute atomic E-state index is 0.375. The van der Waals surface area contributed by atoms with Crippen molar-refractivity contribution in [2.75, 3.05) is 24.2 Å². The molecule has 1 aromatic carbocycles. The SMILES string of the molecule is Nc1ccccc1NCC1CCO1. The van der Waals surface area contributed by atoms with Crippen molar-refractivity contribution in [2.24, 2.45) is 0 Å². The molecule has 3 heteroatoms. The zero-order valence-corrected chi connectivity index (χ0v) is 7.49. The molecule has 1 unspecified atom stereocenters. The average Bonchev–Trinajstić information content (AvgIpc) is 2.05. The molecule has 70 valence electrons. The maximum Gasteiger partial charge on any atom is 0.0769 e. The molecule has 1 saturated heterocycles. The van der Waals surface area contributed by atoms with Crippen molar-refractivity contribution in [3.63, 3.8) is 0 Å². The lowest BCUT2D eigenvalue weighted by Crippen LogP contribution is -2.33. The molecule has 1 aliphatic rings. The summed E-state index contributed by atoms with van der Waals surface area (Å²) in [4.78, 5) is 0. The van der Waals surface area contributed by atoms with E-state index in [-0.39, 0.29) is 0 Å². The van der Waals surface area contributed by atoms with E-state index in [9.17, 15) is 0 Å². The van der Waals surface area contributed by atoms with Crippen LogP contribution in [0.25, 0.3) is 0 Å². The minimum Gasteiger partial charge on any atom is -0.397 e. The summed E-state index contributed by atoms with van der Waals surface area (Å²) >= 11 is 0. The highest BCUT2D eigenvalue weighted by atomic mass is 16.5. The Hall–Kier alpha value is -1.22. The molecule has 1 atom stereocenters. The van der Waals surface area contributed by atoms with Crippen molar-refractivity contribution in [3.05, 3.63) is 24.3 Å². The summed E-state index contributed by atoms with van der Waals surface area (Å²) < 4.78 is 5.29. The van der Waals surface area contributed by atoms with E-state index in [2.05, 4.69) is 5.32 Å². The number of nitrogens with two attached hydrogens (primary N) is 1. The fraction of sp³-hybridized carbons (Fsp3) is 0.400. The topological polar surface area (TPSA) is 47.3 Å². The van der Waals surface area contributed by atoms with Gasteiger partial charge >= 0.3 is 0 Å². The van der Waals surface area contributed by atoms with E-state index >= 15 is 0 Å². The fourth-order valence-electron chi connectivity index (χ4n) is 1.33. The quantitative estimate of drug-likeness (QED) is 0.689. The molecular formula is C10H14N2O. The molecule has 0 spiro atoms. The average molecular weight is 178 g/mol. The molecule has 0 amide bonds. The van der Waals surface area contributed by atoms with Crippen LogP contribution in [0.5, 0.6) is 0 Å². The fourth-order valence-corrected chi connectivity index (χ4v) is 1.33. The third-order valence-corrected chi connectivity index (χ3v) is 2.27. The van der Waals surface area contributed by atoms with E-state index in [4.69, 9.17) is 10.5 Å². The first-order valence-corrected chi connectivity index (χ1v) is 4.56. The van der Waals surface area contributed by atoms with Crippen LogP contribution >= 0.6 is 0 Å². The summed E-state index contributed by atoms with van der Waals surface area (Å²) in [5.41, 5.74) is 7.55. The normalized spacial score (nSPS) is 20.8. The van der Waals surface area contributed by atoms with Crippen molar-refractivity contribution >= 4 is 11.4 Å². The Morgan fingerprint density at radius 1 is 1.46 bits per heavy atom. The van der Waals surface area contributed by atoms with Gasteiger partial charge < -0.3 is 15.8 Å². The Labute approximate surface area is 77.9 Å². The highest BCUT2D eigenvalue weighted by molar-refractivity contribution is 5.65. The molecular weight excluding hydrogens is 164 g/mol. The Bertz CT molecular complexity index is 284. The molecule has 2 rings (SSSR count). The van der Waals surface area contributed by atoms with Gasteiger partial charge in [0.2, 0.25) is 0 Å². The van der Waals surface area contributed by atoms with E-state index in [0.29, 0.717) is 6.10 Å². The highest BCUT2D eigenvalue weighted by Gasteiger charge is 2.17. The molecule has 3 N–H and O–H groups in total. The molecule has 13 heavy (non-hydrogen) atoms. The molecule has 1 aliphatic heterocycles. The number of nitrogens with one attached hydrogen (secondary N) is 1. The predicted octanol–water partition coefficient (Wildman–Crippen LogP) is 1.47. The molecule has 1 heterocycles. The van der Waals surface area contributed by atoms with E-state index < -0.39 is 0 Å². The van der Waals surface area contributed by atoms with Crippen molar-refractivity contribution in [1.82, 2.24) is 0 Å². The maximum atomic E-state index is 5.76. The Morgan fingerprint density at radius 3 is 2.85 bits per heavy atom. The van der Waals surface area contributed by atoms with Gasteiger partial charge in [-0.3, -0.25) is 0 Å². The molecule has 1 aromatic rings. The molecule has 1 fully saturated rings. The lowest BCUT2D eigenvalue weighted by atomic mass is 10.2. The van der Waals surface area contributed by atoms with Crippen LogP contribution in [0.1, 0.15) is 6.42 Å². The molecule has 0 bridgehead atoms. The third kappa shape index (κ3) is 1.92. The van der Waals surface area contributed by atoms with Gasteiger partial charge in [-0.1, -0.05) is 12.1 Å². The molecule has 0 aromatic heterocycles. The van der Waals surface area contributed by atoms with Gasteiger partial charge in [-0.05, 0) is 18.6 Å². The first kappa shape index (κ1) is 8.38. The molecule has 0 aliphatic carbocycles. The maximum absolute atomic E-state index is 5.76. The summed E-state index contributed by atoms with van der Waals surface area (Å²) in [5, 5.41) is 3.26. The second-order valence-corrected chi connectivity index (χ2v) is 3.25. The first-order chi connectivity index (χ1) is 6.36. The minimum atomic E-state index is 0.375. The van der Waals surface area contributed by atoms with Crippen molar-refractivity contribution in [1.29, 1.82) is 0 Å². The Morgan fingerprint density at radius 2 is 2.23 bits per heavy atom. The van der Waals surface area contributed by atoms with Crippen molar-refractivity contribution in [3.8, 4) is 0 Å². The number of rotatable bonds is 3. The first-order valence-electron chi connectivity index (χ1n) is 4.56. The number of hydrogen-bond acceptors (Lipinski definition) is 3.